The summed E-state index contributed by atoms with van der Waals surface area (Å²) in [5.74, 6) is 1.07. The summed E-state index contributed by atoms with van der Waals surface area (Å²) < 4.78 is 5.07. The molecule has 1 N–H and O–H groups in total. The number of aromatic nitrogens is 2. The quantitative estimate of drug-likeness (QED) is 0.221. The topological polar surface area (TPSA) is 25.1 Å². The summed E-state index contributed by atoms with van der Waals surface area (Å²) in [5, 5.41) is 7.87. The highest BCUT2D eigenvalue weighted by Gasteiger charge is 2.30. The Morgan fingerprint density at radius 1 is 0.652 bits per heavy atom. The summed E-state index contributed by atoms with van der Waals surface area (Å²) >= 11 is 0. The van der Waals surface area contributed by atoms with E-state index >= 15 is 0 Å². The lowest BCUT2D eigenvalue weighted by atomic mass is 9.95. The lowest BCUT2D eigenvalue weighted by Gasteiger charge is -2.37. The zero-order chi connectivity index (χ0) is 30.2. The van der Waals surface area contributed by atoms with Crippen LogP contribution in [0.2, 0.25) is 0 Å². The van der Waals surface area contributed by atoms with Crippen LogP contribution >= 0.6 is 0 Å². The first-order chi connectivity index (χ1) is 22.8. The van der Waals surface area contributed by atoms with Crippen molar-refractivity contribution in [2.24, 2.45) is 0 Å². The molecule has 4 heteroatoms. The molecule has 0 saturated carbocycles. The number of allylic oxidation sites excluding steroid dienone is 3. The standard InChI is InChI=1S/C42H32N4/c1-2-15-30(16-3-1)44-37-21-10-6-17-31(37)33-25-26-34-32-18-7-11-22-38(32)46(42(34)41(33)44)40-24-12-23-39(43-40)45-35-19-8-4-13-28(35)27-29-14-5-9-20-36(29)45/h1-9,11-20,22-26,40,43H,10,21,27H2. The monoisotopic (exact) mass is 592 g/mol. The van der Waals surface area contributed by atoms with Crippen molar-refractivity contribution in [2.45, 2.75) is 25.4 Å². The van der Waals surface area contributed by atoms with Crippen LogP contribution in [0.3, 0.4) is 0 Å². The number of nitrogens with zero attached hydrogens (tertiary/aromatic N) is 3. The minimum atomic E-state index is -0.0963. The highest BCUT2D eigenvalue weighted by molar-refractivity contribution is 6.19. The maximum atomic E-state index is 4.02. The van der Waals surface area contributed by atoms with Gasteiger partial charge in [0.15, 0.2) is 0 Å². The minimum Gasteiger partial charge on any atom is -0.347 e. The molecule has 4 nitrogen and oxygen atoms in total. The van der Waals surface area contributed by atoms with Crippen molar-refractivity contribution in [1.29, 1.82) is 0 Å². The molecule has 0 amide bonds. The van der Waals surface area contributed by atoms with Gasteiger partial charge >= 0.3 is 0 Å². The lowest BCUT2D eigenvalue weighted by molar-refractivity contribution is 0.548. The summed E-state index contributed by atoms with van der Waals surface area (Å²) in [7, 11) is 0. The Balaban J connectivity index is 1.22. The van der Waals surface area contributed by atoms with Crippen LogP contribution in [0.25, 0.3) is 44.5 Å². The Kier molecular flexibility index (Phi) is 5.49. The lowest BCUT2D eigenvalue weighted by Crippen LogP contribution is -2.36. The summed E-state index contributed by atoms with van der Waals surface area (Å²) in [4.78, 5) is 2.41. The smallest absolute Gasteiger partial charge is 0.124 e. The second-order valence-corrected chi connectivity index (χ2v) is 12.5. The number of nitrogens with one attached hydrogen (secondary N) is 1. The zero-order valence-electron chi connectivity index (χ0n) is 25.4. The fourth-order valence-corrected chi connectivity index (χ4v) is 8.07. The number of dihydropyridines is 1. The third kappa shape index (κ3) is 3.61. The van der Waals surface area contributed by atoms with E-state index in [1.807, 2.05) is 0 Å². The van der Waals surface area contributed by atoms with E-state index in [1.165, 1.54) is 72.2 Å². The average molecular weight is 593 g/mol. The molecule has 0 radical (unpaired) electrons. The summed E-state index contributed by atoms with van der Waals surface area (Å²) in [6, 6.07) is 42.1. The molecule has 3 aliphatic rings. The van der Waals surface area contributed by atoms with Crippen molar-refractivity contribution < 1.29 is 0 Å². The molecule has 7 aromatic rings. The Labute approximate surface area is 267 Å². The molecule has 10 rings (SSSR count). The first-order valence-corrected chi connectivity index (χ1v) is 16.3. The first-order valence-electron chi connectivity index (χ1n) is 16.3. The van der Waals surface area contributed by atoms with Crippen LogP contribution in [0, 0.1) is 0 Å². The van der Waals surface area contributed by atoms with E-state index in [0.717, 1.165) is 25.1 Å². The van der Waals surface area contributed by atoms with Crippen LogP contribution < -0.4 is 10.2 Å². The number of para-hydroxylation sites is 4. The van der Waals surface area contributed by atoms with Gasteiger partial charge < -0.3 is 14.5 Å². The number of benzene rings is 5. The van der Waals surface area contributed by atoms with Gasteiger partial charge in [0, 0.05) is 39.5 Å². The summed E-state index contributed by atoms with van der Waals surface area (Å²) in [5.41, 5.74) is 12.8. The molecule has 46 heavy (non-hydrogen) atoms. The number of rotatable bonds is 3. The number of fused-ring (bicyclic) bond motifs is 9. The molecule has 1 atom stereocenters. The van der Waals surface area contributed by atoms with Gasteiger partial charge in [-0.1, -0.05) is 103 Å². The second kappa shape index (κ2) is 9.88. The number of hydrogen-bond acceptors (Lipinski definition) is 2. The van der Waals surface area contributed by atoms with E-state index in [1.54, 1.807) is 0 Å². The Morgan fingerprint density at radius 2 is 1.37 bits per heavy atom. The molecule has 2 aromatic heterocycles. The minimum absolute atomic E-state index is 0.0963. The Bertz CT molecular complexity index is 2390. The zero-order valence-corrected chi connectivity index (χ0v) is 25.4. The van der Waals surface area contributed by atoms with Gasteiger partial charge in [0.25, 0.3) is 0 Å². The van der Waals surface area contributed by atoms with Crippen molar-refractivity contribution in [2.75, 3.05) is 4.90 Å². The number of anilines is 2. The van der Waals surface area contributed by atoms with Gasteiger partial charge in [0.05, 0.1) is 27.9 Å². The predicted octanol–water partition coefficient (Wildman–Crippen LogP) is 9.94. The van der Waals surface area contributed by atoms with E-state index in [4.69, 9.17) is 0 Å². The summed E-state index contributed by atoms with van der Waals surface area (Å²) in [6.45, 7) is 0. The van der Waals surface area contributed by atoms with Gasteiger partial charge in [-0.2, -0.15) is 0 Å². The van der Waals surface area contributed by atoms with Crippen LogP contribution in [0.5, 0.6) is 0 Å². The van der Waals surface area contributed by atoms with Crippen molar-refractivity contribution in [3.63, 3.8) is 0 Å². The normalized spacial score (nSPS) is 16.7. The van der Waals surface area contributed by atoms with Gasteiger partial charge in [-0.3, -0.25) is 4.90 Å². The summed E-state index contributed by atoms with van der Waals surface area (Å²) in [6.07, 6.45) is 14.3. The van der Waals surface area contributed by atoms with E-state index in [2.05, 4.69) is 165 Å². The molecular formula is C42H32N4. The number of hydrogen-bond donors (Lipinski definition) is 1. The molecule has 1 aliphatic carbocycles. The maximum absolute atomic E-state index is 4.02. The highest BCUT2D eigenvalue weighted by atomic mass is 15.3. The molecule has 0 bridgehead atoms. The van der Waals surface area contributed by atoms with Gasteiger partial charge in [-0.05, 0) is 66.5 Å². The molecule has 1 unspecified atom stereocenters. The maximum Gasteiger partial charge on any atom is 0.124 e. The first kappa shape index (κ1) is 25.6. The molecule has 0 saturated heterocycles. The van der Waals surface area contributed by atoms with Gasteiger partial charge in [0.2, 0.25) is 0 Å². The third-order valence-corrected chi connectivity index (χ3v) is 10.00. The molecule has 4 heterocycles. The average Bonchev–Trinajstić information content (AvgIpc) is 3.64. The highest BCUT2D eigenvalue weighted by Crippen LogP contribution is 2.44. The molecule has 220 valence electrons. The second-order valence-electron chi connectivity index (χ2n) is 12.5. The Hall–Kier alpha value is -5.74. The third-order valence-electron chi connectivity index (χ3n) is 10.00. The predicted molar refractivity (Wildman–Crippen MR) is 191 cm³/mol. The Morgan fingerprint density at radius 3 is 2.20 bits per heavy atom. The van der Waals surface area contributed by atoms with E-state index < -0.39 is 0 Å². The molecule has 0 spiro atoms. The van der Waals surface area contributed by atoms with Crippen molar-refractivity contribution in [3.8, 4) is 5.69 Å². The molecule has 0 fully saturated rings. The molecule has 5 aromatic carbocycles. The fourth-order valence-electron chi connectivity index (χ4n) is 8.07. The van der Waals surface area contributed by atoms with Crippen LogP contribution in [0.1, 0.15) is 35.0 Å². The molecular weight excluding hydrogens is 560 g/mol. The molecule has 2 aliphatic heterocycles. The van der Waals surface area contributed by atoms with Crippen LogP contribution in [-0.4, -0.2) is 9.13 Å². The SMILES string of the molecule is C1=CC(n2c3ccccc3c3ccc4c5c(n(-c6ccccc6)c4c32)CCC=C5)NC(N2c3ccccc3Cc3ccccc32)=C1. The van der Waals surface area contributed by atoms with E-state index in [0.29, 0.717) is 0 Å². The van der Waals surface area contributed by atoms with Crippen LogP contribution in [0.4, 0.5) is 11.4 Å². The van der Waals surface area contributed by atoms with Crippen LogP contribution in [-0.2, 0) is 12.8 Å². The van der Waals surface area contributed by atoms with Gasteiger partial charge in [0.1, 0.15) is 12.0 Å². The van der Waals surface area contributed by atoms with E-state index in [9.17, 15) is 0 Å². The fraction of sp³-hybridized carbons (Fsp3) is 0.0952. The van der Waals surface area contributed by atoms with Crippen molar-refractivity contribution in [1.82, 2.24) is 14.5 Å². The largest absolute Gasteiger partial charge is 0.347 e. The van der Waals surface area contributed by atoms with Gasteiger partial charge in [-0.25, -0.2) is 0 Å². The van der Waals surface area contributed by atoms with Crippen molar-refractivity contribution >= 4 is 50.2 Å². The van der Waals surface area contributed by atoms with Gasteiger partial charge in [-0.15, -0.1) is 0 Å². The van der Waals surface area contributed by atoms with E-state index in [-0.39, 0.29) is 6.17 Å². The van der Waals surface area contributed by atoms with Crippen LogP contribution in [0.15, 0.2) is 145 Å². The van der Waals surface area contributed by atoms with Crippen molar-refractivity contribution in [3.05, 3.63) is 168 Å².